The fraction of sp³-hybridized carbons (Fsp3) is 1.00. The Kier molecular flexibility index (Phi) is 6.43. The Labute approximate surface area is 84.7 Å². The summed E-state index contributed by atoms with van der Waals surface area (Å²) in [6.45, 7) is 10.4. The van der Waals surface area contributed by atoms with Gasteiger partial charge in [0.15, 0.2) is 0 Å². The van der Waals surface area contributed by atoms with E-state index in [9.17, 15) is 0 Å². The zero-order chi connectivity index (χ0) is 8.97. The largest absolute Gasteiger partial charge is 0.302 e. The summed E-state index contributed by atoms with van der Waals surface area (Å²) in [6, 6.07) is 0.699. The fourth-order valence-corrected chi connectivity index (χ4v) is 1.69. The van der Waals surface area contributed by atoms with Gasteiger partial charge in [-0.1, -0.05) is 13.7 Å². The zero-order valence-corrected chi connectivity index (χ0v) is 8.29. The lowest BCUT2D eigenvalue weighted by atomic mass is 10.0. The van der Waals surface area contributed by atoms with Crippen molar-refractivity contribution in [1.29, 1.82) is 0 Å². The van der Waals surface area contributed by atoms with Crippen molar-refractivity contribution in [2.24, 2.45) is 0 Å². The monoisotopic (exact) mass is 182 g/mol. The van der Waals surface area contributed by atoms with Gasteiger partial charge in [0.25, 0.3) is 0 Å². The van der Waals surface area contributed by atoms with E-state index in [0.29, 0.717) is 6.04 Å². The van der Waals surface area contributed by atoms with Gasteiger partial charge in [0.2, 0.25) is 0 Å². The molecule has 13 heavy (non-hydrogen) atoms. The van der Waals surface area contributed by atoms with Crippen LogP contribution in [0.25, 0.3) is 0 Å². The molecule has 1 saturated heterocycles. The molecular formula is C10H23BN2. The van der Waals surface area contributed by atoms with Crippen LogP contribution in [0.2, 0.25) is 6.32 Å². The summed E-state index contributed by atoms with van der Waals surface area (Å²) in [5.74, 6) is 0. The van der Waals surface area contributed by atoms with Crippen LogP contribution in [0.3, 0.4) is 0 Å². The molecule has 0 aromatic heterocycles. The second kappa shape index (κ2) is 6.44. The van der Waals surface area contributed by atoms with Gasteiger partial charge in [-0.05, 0) is 20.4 Å². The Morgan fingerprint density at radius 3 is 2.08 bits per heavy atom. The van der Waals surface area contributed by atoms with Crippen LogP contribution in [0, 0.1) is 0 Å². The molecule has 1 heterocycles. The minimum absolute atomic E-state index is 0. The summed E-state index contributed by atoms with van der Waals surface area (Å²) >= 11 is 0. The highest BCUT2D eigenvalue weighted by atomic mass is 15.3. The number of rotatable bonds is 3. The van der Waals surface area contributed by atoms with Gasteiger partial charge in [-0.25, -0.2) is 0 Å². The number of nitrogens with zero attached hydrogens (tertiary/aromatic N) is 2. The van der Waals surface area contributed by atoms with Crippen molar-refractivity contribution in [3.05, 3.63) is 0 Å². The minimum Gasteiger partial charge on any atom is -0.302 e. The average Bonchev–Trinajstić information content (AvgIpc) is 2.06. The zero-order valence-electron chi connectivity index (χ0n) is 8.29. The van der Waals surface area contributed by atoms with E-state index in [-0.39, 0.29) is 7.43 Å². The van der Waals surface area contributed by atoms with Crippen LogP contribution in [0.15, 0.2) is 0 Å². The molecule has 0 aromatic carbocycles. The third-order valence-electron chi connectivity index (χ3n) is 2.58. The van der Waals surface area contributed by atoms with Crippen molar-refractivity contribution in [1.82, 2.24) is 9.80 Å². The molecule has 1 fully saturated rings. The number of piperazine rings is 1. The van der Waals surface area contributed by atoms with Crippen LogP contribution >= 0.6 is 0 Å². The van der Waals surface area contributed by atoms with Crippen LogP contribution in [0.1, 0.15) is 21.3 Å². The lowest BCUT2D eigenvalue weighted by Gasteiger charge is -2.36. The van der Waals surface area contributed by atoms with Crippen LogP contribution in [-0.4, -0.2) is 56.4 Å². The van der Waals surface area contributed by atoms with E-state index >= 15 is 0 Å². The lowest BCUT2D eigenvalue weighted by Crippen LogP contribution is -2.48. The van der Waals surface area contributed by atoms with Crippen LogP contribution in [-0.2, 0) is 0 Å². The van der Waals surface area contributed by atoms with Gasteiger partial charge in [0.05, 0.1) is 7.85 Å². The number of hydrogen-bond donors (Lipinski definition) is 0. The van der Waals surface area contributed by atoms with Crippen LogP contribution in [0.4, 0.5) is 0 Å². The van der Waals surface area contributed by atoms with E-state index in [1.807, 2.05) is 0 Å². The maximum Gasteiger partial charge on any atom is 0.0670 e. The highest BCUT2D eigenvalue weighted by Gasteiger charge is 2.17. The summed E-state index contributed by atoms with van der Waals surface area (Å²) in [7, 11) is 5.50. The Hall–Kier alpha value is -0.0151. The fourth-order valence-electron chi connectivity index (χ4n) is 1.69. The maximum absolute atomic E-state index is 5.50. The highest BCUT2D eigenvalue weighted by Crippen LogP contribution is 2.05. The molecule has 1 aliphatic heterocycles. The Balaban J connectivity index is 0.00000144. The van der Waals surface area contributed by atoms with Crippen molar-refractivity contribution < 1.29 is 0 Å². The van der Waals surface area contributed by atoms with E-state index in [2.05, 4.69) is 23.6 Å². The molecule has 0 amide bonds. The first-order valence-corrected chi connectivity index (χ1v) is 4.90. The summed E-state index contributed by atoms with van der Waals surface area (Å²) in [5.41, 5.74) is 0. The molecule has 76 valence electrons. The smallest absolute Gasteiger partial charge is 0.0670 e. The van der Waals surface area contributed by atoms with E-state index in [4.69, 9.17) is 7.85 Å². The minimum atomic E-state index is 0. The molecule has 0 unspecified atom stereocenters. The number of hydrogen-bond acceptors (Lipinski definition) is 2. The molecule has 0 saturated carbocycles. The van der Waals surface area contributed by atoms with Gasteiger partial charge in [0, 0.05) is 32.2 Å². The molecule has 1 aliphatic rings. The van der Waals surface area contributed by atoms with Gasteiger partial charge >= 0.3 is 0 Å². The first kappa shape index (κ1) is 13.0. The van der Waals surface area contributed by atoms with E-state index in [1.54, 1.807) is 0 Å². The molecule has 0 aromatic rings. The first-order chi connectivity index (χ1) is 5.74. The molecule has 0 bridgehead atoms. The molecule has 1 rings (SSSR count). The van der Waals surface area contributed by atoms with E-state index in [0.717, 1.165) is 12.9 Å². The molecule has 0 N–H and O–H groups in total. The van der Waals surface area contributed by atoms with Crippen molar-refractivity contribution in [3.8, 4) is 0 Å². The third kappa shape index (κ3) is 4.14. The Bertz CT molecular complexity index is 120. The quantitative estimate of drug-likeness (QED) is 0.606. The van der Waals surface area contributed by atoms with Gasteiger partial charge in [0.1, 0.15) is 0 Å². The van der Waals surface area contributed by atoms with Gasteiger partial charge < -0.3 is 4.90 Å². The lowest BCUT2D eigenvalue weighted by molar-refractivity contribution is 0.112. The van der Waals surface area contributed by atoms with Crippen molar-refractivity contribution >= 4 is 7.85 Å². The maximum atomic E-state index is 5.50. The summed E-state index contributed by atoms with van der Waals surface area (Å²) in [4.78, 5) is 4.96. The standard InChI is InChI=1S/C9H19BN2.CH4/c1-9(2)12-7-5-11(4-3-10)6-8-12;/h9H,3-8H2,1-2H3;1H4. The van der Waals surface area contributed by atoms with Crippen LogP contribution in [0.5, 0.6) is 0 Å². The van der Waals surface area contributed by atoms with Crippen molar-refractivity contribution in [3.63, 3.8) is 0 Å². The molecule has 3 heteroatoms. The highest BCUT2D eigenvalue weighted by molar-refractivity contribution is 6.08. The van der Waals surface area contributed by atoms with Gasteiger partial charge in [-0.3, -0.25) is 4.90 Å². The third-order valence-corrected chi connectivity index (χ3v) is 2.58. The summed E-state index contributed by atoms with van der Waals surface area (Å²) in [5, 5.41) is 0. The second-order valence-corrected chi connectivity index (χ2v) is 3.76. The van der Waals surface area contributed by atoms with Crippen LogP contribution < -0.4 is 0 Å². The van der Waals surface area contributed by atoms with Crippen molar-refractivity contribution in [2.75, 3.05) is 32.7 Å². The molecule has 2 nitrogen and oxygen atoms in total. The predicted octanol–water partition coefficient (Wildman–Crippen LogP) is 1.24. The Morgan fingerprint density at radius 1 is 1.15 bits per heavy atom. The van der Waals surface area contributed by atoms with E-state index in [1.165, 1.54) is 26.2 Å². The van der Waals surface area contributed by atoms with Gasteiger partial charge in [-0.15, -0.1) is 0 Å². The van der Waals surface area contributed by atoms with Crippen molar-refractivity contribution in [2.45, 2.75) is 33.6 Å². The molecular weight excluding hydrogens is 159 g/mol. The SMILES string of the molecule is C.[B]CCN1CCN(C(C)C)CC1. The topological polar surface area (TPSA) is 6.48 Å². The second-order valence-electron chi connectivity index (χ2n) is 3.76. The first-order valence-electron chi connectivity index (χ1n) is 4.90. The molecule has 0 atom stereocenters. The van der Waals surface area contributed by atoms with Gasteiger partial charge in [-0.2, -0.15) is 0 Å². The summed E-state index contributed by atoms with van der Waals surface area (Å²) < 4.78 is 0. The molecule has 0 aliphatic carbocycles. The molecule has 2 radical (unpaired) electrons. The predicted molar refractivity (Wildman–Crippen MR) is 60.4 cm³/mol. The average molecular weight is 182 g/mol. The normalized spacial score (nSPS) is 20.2. The molecule has 0 spiro atoms. The Morgan fingerprint density at radius 2 is 1.69 bits per heavy atom. The van der Waals surface area contributed by atoms with E-state index < -0.39 is 0 Å². The summed E-state index contributed by atoms with van der Waals surface area (Å²) in [6.07, 6.45) is 0.793.